The number of benzene rings is 1. The highest BCUT2D eigenvalue weighted by molar-refractivity contribution is 9.10. The molecule has 1 aromatic carbocycles. The maximum Gasteiger partial charge on any atom is 0.128 e. The smallest absolute Gasteiger partial charge is 0.128 e. The van der Waals surface area contributed by atoms with Crippen LogP contribution in [-0.4, -0.2) is 0 Å². The average Bonchev–Trinajstić information content (AvgIpc) is 2.24. The van der Waals surface area contributed by atoms with Gasteiger partial charge in [-0.25, -0.2) is 4.39 Å². The van der Waals surface area contributed by atoms with Gasteiger partial charge in [-0.1, -0.05) is 15.9 Å². The molecule has 4 heteroatoms. The lowest BCUT2D eigenvalue weighted by Gasteiger charge is -2.16. The van der Waals surface area contributed by atoms with Gasteiger partial charge in [0.2, 0.25) is 0 Å². The molecule has 3 N–H and O–H groups in total. The summed E-state index contributed by atoms with van der Waals surface area (Å²) in [4.78, 5) is 0. The second-order valence-corrected chi connectivity index (χ2v) is 4.04. The van der Waals surface area contributed by atoms with Crippen molar-refractivity contribution in [2.24, 2.45) is 5.84 Å². The number of nitrogens with two attached hydrogens (primary N) is 1. The number of rotatable bonds is 4. The minimum Gasteiger partial charge on any atom is -0.271 e. The van der Waals surface area contributed by atoms with Crippen molar-refractivity contribution in [1.29, 1.82) is 0 Å². The second kappa shape index (κ2) is 5.86. The topological polar surface area (TPSA) is 38.0 Å². The lowest BCUT2D eigenvalue weighted by molar-refractivity contribution is 0.490. The number of hydrogen-bond donors (Lipinski definition) is 2. The standard InChI is InChI=1S/C11H12BrFN2/c1-2-3-4-11(15-14)9-7-8(12)5-6-10(9)13/h1,5-7,11,15H,3-4,14H2. The molecule has 0 aliphatic rings. The highest BCUT2D eigenvalue weighted by atomic mass is 79.9. The zero-order chi connectivity index (χ0) is 11.3. The number of halogens is 2. The molecule has 80 valence electrons. The molecule has 0 aromatic heterocycles. The van der Waals surface area contributed by atoms with Crippen molar-refractivity contribution in [2.45, 2.75) is 18.9 Å². The van der Waals surface area contributed by atoms with E-state index in [9.17, 15) is 4.39 Å². The fourth-order valence-corrected chi connectivity index (χ4v) is 1.72. The van der Waals surface area contributed by atoms with Gasteiger partial charge in [0.25, 0.3) is 0 Å². The van der Waals surface area contributed by atoms with Gasteiger partial charge in [-0.15, -0.1) is 12.3 Å². The maximum absolute atomic E-state index is 13.5. The first-order valence-corrected chi connectivity index (χ1v) is 5.33. The number of hydrogen-bond acceptors (Lipinski definition) is 2. The monoisotopic (exact) mass is 270 g/mol. The molecule has 0 heterocycles. The van der Waals surface area contributed by atoms with E-state index in [4.69, 9.17) is 12.3 Å². The molecular weight excluding hydrogens is 259 g/mol. The summed E-state index contributed by atoms with van der Waals surface area (Å²) in [6.45, 7) is 0. The highest BCUT2D eigenvalue weighted by Gasteiger charge is 2.13. The summed E-state index contributed by atoms with van der Waals surface area (Å²) >= 11 is 3.29. The Morgan fingerprint density at radius 1 is 1.60 bits per heavy atom. The average molecular weight is 271 g/mol. The second-order valence-electron chi connectivity index (χ2n) is 3.13. The third kappa shape index (κ3) is 3.31. The van der Waals surface area contributed by atoms with Gasteiger partial charge in [-0.05, 0) is 24.6 Å². The van der Waals surface area contributed by atoms with Crippen LogP contribution in [-0.2, 0) is 0 Å². The van der Waals surface area contributed by atoms with Crippen molar-refractivity contribution in [3.05, 3.63) is 34.1 Å². The van der Waals surface area contributed by atoms with E-state index >= 15 is 0 Å². The van der Waals surface area contributed by atoms with E-state index in [0.717, 1.165) is 4.47 Å². The molecule has 0 amide bonds. The van der Waals surface area contributed by atoms with Crippen molar-refractivity contribution >= 4 is 15.9 Å². The summed E-state index contributed by atoms with van der Waals surface area (Å²) < 4.78 is 14.3. The molecule has 0 saturated heterocycles. The minimum absolute atomic E-state index is 0.251. The van der Waals surface area contributed by atoms with E-state index in [2.05, 4.69) is 27.3 Å². The highest BCUT2D eigenvalue weighted by Crippen LogP contribution is 2.24. The summed E-state index contributed by atoms with van der Waals surface area (Å²) in [5, 5.41) is 0. The summed E-state index contributed by atoms with van der Waals surface area (Å²) in [7, 11) is 0. The Kier molecular flexibility index (Phi) is 4.76. The van der Waals surface area contributed by atoms with Crippen molar-refractivity contribution in [3.63, 3.8) is 0 Å². The van der Waals surface area contributed by atoms with Gasteiger partial charge in [0.05, 0.1) is 0 Å². The van der Waals surface area contributed by atoms with Crippen LogP contribution in [0.4, 0.5) is 4.39 Å². The Balaban J connectivity index is 2.91. The van der Waals surface area contributed by atoms with Gasteiger partial charge >= 0.3 is 0 Å². The van der Waals surface area contributed by atoms with E-state index in [1.54, 1.807) is 12.1 Å². The van der Waals surface area contributed by atoms with Gasteiger partial charge in [-0.2, -0.15) is 0 Å². The molecule has 0 spiro atoms. The number of terminal acetylenes is 1. The van der Waals surface area contributed by atoms with Crippen LogP contribution in [0.15, 0.2) is 22.7 Å². The van der Waals surface area contributed by atoms with Crippen molar-refractivity contribution in [3.8, 4) is 12.3 Å². The molecule has 1 rings (SSSR count). The predicted octanol–water partition coefficient (Wildman–Crippen LogP) is 2.51. The predicted molar refractivity (Wildman–Crippen MR) is 62.2 cm³/mol. The molecule has 0 bridgehead atoms. The largest absolute Gasteiger partial charge is 0.271 e. The molecule has 0 aliphatic carbocycles. The minimum atomic E-state index is -0.279. The zero-order valence-corrected chi connectivity index (χ0v) is 9.72. The Labute approximate surface area is 97.1 Å². The van der Waals surface area contributed by atoms with Gasteiger partial charge in [0.1, 0.15) is 5.82 Å². The summed E-state index contributed by atoms with van der Waals surface area (Å²) in [6.07, 6.45) is 6.32. The molecule has 1 aromatic rings. The SMILES string of the molecule is C#CCCC(NN)c1cc(Br)ccc1F. The third-order valence-corrected chi connectivity index (χ3v) is 2.61. The van der Waals surface area contributed by atoms with E-state index in [0.29, 0.717) is 18.4 Å². The van der Waals surface area contributed by atoms with Gasteiger partial charge in [0, 0.05) is 22.5 Å². The van der Waals surface area contributed by atoms with Crippen molar-refractivity contribution in [1.82, 2.24) is 5.43 Å². The molecule has 0 fully saturated rings. The fraction of sp³-hybridized carbons (Fsp3) is 0.273. The molecule has 2 nitrogen and oxygen atoms in total. The molecule has 1 atom stereocenters. The molecule has 1 unspecified atom stereocenters. The van der Waals surface area contributed by atoms with Crippen LogP contribution in [0.25, 0.3) is 0 Å². The maximum atomic E-state index is 13.5. The molecule has 0 saturated carbocycles. The number of nitrogens with one attached hydrogen (secondary N) is 1. The van der Waals surface area contributed by atoms with Crippen molar-refractivity contribution in [2.75, 3.05) is 0 Å². The van der Waals surface area contributed by atoms with Crippen LogP contribution in [0.5, 0.6) is 0 Å². The normalized spacial score (nSPS) is 12.1. The summed E-state index contributed by atoms with van der Waals surface area (Å²) in [5.41, 5.74) is 3.09. The first kappa shape index (κ1) is 12.2. The van der Waals surface area contributed by atoms with E-state index in [1.807, 2.05) is 0 Å². The summed E-state index contributed by atoms with van der Waals surface area (Å²) in [6, 6.07) is 4.50. The van der Waals surface area contributed by atoms with Crippen molar-refractivity contribution < 1.29 is 4.39 Å². The Morgan fingerprint density at radius 2 is 2.33 bits per heavy atom. The lowest BCUT2D eigenvalue weighted by atomic mass is 10.0. The van der Waals surface area contributed by atoms with Crippen LogP contribution >= 0.6 is 15.9 Å². The van der Waals surface area contributed by atoms with E-state index < -0.39 is 0 Å². The first-order chi connectivity index (χ1) is 7.19. The van der Waals surface area contributed by atoms with Gasteiger partial charge in [0.15, 0.2) is 0 Å². The van der Waals surface area contributed by atoms with Crippen LogP contribution in [0.1, 0.15) is 24.4 Å². The Bertz CT molecular complexity index is 373. The lowest BCUT2D eigenvalue weighted by Crippen LogP contribution is -2.28. The quantitative estimate of drug-likeness (QED) is 0.501. The van der Waals surface area contributed by atoms with Crippen LogP contribution in [0.2, 0.25) is 0 Å². The fourth-order valence-electron chi connectivity index (χ4n) is 1.34. The number of hydrazine groups is 1. The van der Waals surface area contributed by atoms with Crippen LogP contribution in [0.3, 0.4) is 0 Å². The van der Waals surface area contributed by atoms with Gasteiger partial charge in [-0.3, -0.25) is 11.3 Å². The van der Waals surface area contributed by atoms with E-state index in [1.165, 1.54) is 6.07 Å². The molecule has 15 heavy (non-hydrogen) atoms. The Hall–Kier alpha value is -0.890. The zero-order valence-electron chi connectivity index (χ0n) is 8.13. The van der Waals surface area contributed by atoms with Gasteiger partial charge < -0.3 is 0 Å². The molecule has 0 radical (unpaired) electrons. The molecular formula is C11H12BrFN2. The van der Waals surface area contributed by atoms with Crippen LogP contribution in [0, 0.1) is 18.2 Å². The third-order valence-electron chi connectivity index (χ3n) is 2.11. The van der Waals surface area contributed by atoms with Crippen LogP contribution < -0.4 is 11.3 Å². The summed E-state index contributed by atoms with van der Waals surface area (Å²) in [5.74, 6) is 7.59. The van der Waals surface area contributed by atoms with E-state index in [-0.39, 0.29) is 11.9 Å². The first-order valence-electron chi connectivity index (χ1n) is 4.53. The molecule has 0 aliphatic heterocycles. The Morgan fingerprint density at radius 3 is 2.93 bits per heavy atom.